The topological polar surface area (TPSA) is 13.1 Å². The van der Waals surface area contributed by atoms with Gasteiger partial charge in [0.05, 0.1) is 0 Å². The Morgan fingerprint density at radius 3 is 1.76 bits per heavy atom. The van der Waals surface area contributed by atoms with Crippen molar-refractivity contribution >= 4 is 66.4 Å². The third-order valence-electron chi connectivity index (χ3n) is 9.69. The van der Waals surface area contributed by atoms with Crippen molar-refractivity contribution in [3.05, 3.63) is 132 Å². The van der Waals surface area contributed by atoms with Crippen molar-refractivity contribution in [1.82, 2.24) is 0 Å². The Labute approximate surface area is 242 Å². The van der Waals surface area contributed by atoms with E-state index >= 15 is 0 Å². The van der Waals surface area contributed by atoms with Gasteiger partial charge in [-0.3, -0.25) is 0 Å². The lowest BCUT2D eigenvalue weighted by Gasteiger charge is -2.12. The molecule has 0 saturated heterocycles. The zero-order valence-electron chi connectivity index (χ0n) is 23.0. The summed E-state index contributed by atoms with van der Waals surface area (Å²) in [5, 5.41) is 12.5. The van der Waals surface area contributed by atoms with Crippen molar-refractivity contribution in [1.29, 1.82) is 0 Å². The van der Waals surface area contributed by atoms with Crippen LogP contribution in [0.3, 0.4) is 0 Å². The molecule has 7 aromatic carbocycles. The van der Waals surface area contributed by atoms with Gasteiger partial charge in [-0.15, -0.1) is 0 Å². The Bertz CT molecular complexity index is 2560. The van der Waals surface area contributed by atoms with E-state index < -0.39 is 0 Å². The maximum atomic E-state index is 6.84. The molecule has 0 spiro atoms. The predicted octanol–water partition coefficient (Wildman–Crippen LogP) is 9.59. The molecule has 1 aromatic heterocycles. The van der Waals surface area contributed by atoms with E-state index in [4.69, 9.17) is 4.42 Å². The first-order chi connectivity index (χ1) is 20.8. The molecular weight excluding hydrogens is 508 g/mol. The molecule has 1 nitrogen and oxygen atoms in total. The SMILES string of the molecule is C1=c2cccc(-c3ccc4oc5ccc(-c6cccc7ccccc67)c6cccc(c7cccc3c47)c56)c2=CC2CC12. The van der Waals surface area contributed by atoms with E-state index in [1.807, 2.05) is 0 Å². The normalized spacial score (nSPS) is 17.3. The van der Waals surface area contributed by atoms with Crippen molar-refractivity contribution in [2.45, 2.75) is 6.42 Å². The average molecular weight is 535 g/mol. The lowest BCUT2D eigenvalue weighted by molar-refractivity contribution is 0.664. The maximum Gasteiger partial charge on any atom is 0.135 e. The van der Waals surface area contributed by atoms with Gasteiger partial charge >= 0.3 is 0 Å². The van der Waals surface area contributed by atoms with Crippen LogP contribution >= 0.6 is 0 Å². The van der Waals surface area contributed by atoms with Crippen LogP contribution in [0.5, 0.6) is 0 Å². The Balaban J connectivity index is 1.32. The molecule has 2 atom stereocenters. The second-order valence-electron chi connectivity index (χ2n) is 12.0. The molecule has 1 fully saturated rings. The van der Waals surface area contributed by atoms with Crippen molar-refractivity contribution in [3.8, 4) is 22.3 Å². The van der Waals surface area contributed by atoms with Gasteiger partial charge < -0.3 is 4.42 Å². The highest BCUT2D eigenvalue weighted by Crippen LogP contribution is 2.44. The van der Waals surface area contributed by atoms with Gasteiger partial charge in [0.2, 0.25) is 0 Å². The largest absolute Gasteiger partial charge is 0.456 e. The van der Waals surface area contributed by atoms with Crippen LogP contribution in [-0.2, 0) is 0 Å². The van der Waals surface area contributed by atoms with Gasteiger partial charge in [-0.1, -0.05) is 121 Å². The first kappa shape index (κ1) is 22.5. The summed E-state index contributed by atoms with van der Waals surface area (Å²) in [6.07, 6.45) is 6.28. The number of fused-ring (bicyclic) bond motifs is 4. The minimum atomic E-state index is 0.702. The van der Waals surface area contributed by atoms with E-state index in [1.54, 1.807) is 0 Å². The smallest absolute Gasteiger partial charge is 0.135 e. The van der Waals surface area contributed by atoms with E-state index in [0.29, 0.717) is 5.92 Å². The average Bonchev–Trinajstić information content (AvgIpc) is 3.83. The molecule has 8 aromatic rings. The van der Waals surface area contributed by atoms with Gasteiger partial charge in [0, 0.05) is 10.8 Å². The highest BCUT2D eigenvalue weighted by atomic mass is 16.3. The maximum absolute atomic E-state index is 6.84. The Hall–Kier alpha value is -5.14. The van der Waals surface area contributed by atoms with Crippen LogP contribution in [0.4, 0.5) is 0 Å². The highest BCUT2D eigenvalue weighted by Gasteiger charge is 2.34. The number of hydrogen-bond donors (Lipinski definition) is 0. The third-order valence-corrected chi connectivity index (χ3v) is 9.69. The fourth-order valence-corrected chi connectivity index (χ4v) is 7.63. The molecule has 10 rings (SSSR count). The molecule has 1 heterocycles. The Morgan fingerprint density at radius 2 is 0.976 bits per heavy atom. The van der Waals surface area contributed by atoms with E-state index in [-0.39, 0.29) is 0 Å². The molecule has 0 aliphatic heterocycles. The quantitative estimate of drug-likeness (QED) is 0.215. The van der Waals surface area contributed by atoms with Crippen LogP contribution in [0.2, 0.25) is 0 Å². The fraction of sp³-hybridized carbons (Fsp3) is 0.0732. The van der Waals surface area contributed by atoms with E-state index in [2.05, 4.69) is 133 Å². The van der Waals surface area contributed by atoms with Crippen molar-refractivity contribution in [2.24, 2.45) is 11.8 Å². The molecule has 0 amide bonds. The summed E-state index contributed by atoms with van der Waals surface area (Å²) in [4.78, 5) is 0. The molecule has 1 saturated carbocycles. The summed E-state index contributed by atoms with van der Waals surface area (Å²) in [5.74, 6) is 1.44. The van der Waals surface area contributed by atoms with Crippen LogP contribution in [0.25, 0.3) is 88.7 Å². The molecule has 1 heteroatoms. The standard InChI is InChI=1S/C41H26O/c1-2-10-28-24(7-1)8-3-11-29(28)31-17-19-38-40-33(31)13-5-15-35(40)36-16-6-14-34-32(18-20-39(42-38)41(34)36)30-12-4-9-25-21-26-22-27(26)23-37(25)30/h1-21,23,26-27H,22H2. The van der Waals surface area contributed by atoms with Crippen molar-refractivity contribution in [3.63, 3.8) is 0 Å². The summed E-state index contributed by atoms with van der Waals surface area (Å²) in [6.45, 7) is 0. The summed E-state index contributed by atoms with van der Waals surface area (Å²) >= 11 is 0. The minimum Gasteiger partial charge on any atom is -0.456 e. The van der Waals surface area contributed by atoms with Crippen LogP contribution < -0.4 is 10.4 Å². The van der Waals surface area contributed by atoms with Crippen LogP contribution in [-0.4, -0.2) is 0 Å². The second kappa shape index (κ2) is 8.21. The molecule has 2 unspecified atom stereocenters. The monoisotopic (exact) mass is 534 g/mol. The van der Waals surface area contributed by atoms with E-state index in [1.165, 1.54) is 82.2 Å². The summed E-state index contributed by atoms with van der Waals surface area (Å²) < 4.78 is 6.84. The van der Waals surface area contributed by atoms with Gasteiger partial charge in [0.25, 0.3) is 0 Å². The lowest BCUT2D eigenvalue weighted by Crippen LogP contribution is -2.29. The Kier molecular flexibility index (Phi) is 4.40. The predicted molar refractivity (Wildman–Crippen MR) is 177 cm³/mol. The van der Waals surface area contributed by atoms with Crippen molar-refractivity contribution in [2.75, 3.05) is 0 Å². The molecule has 196 valence electrons. The number of hydrogen-bond acceptors (Lipinski definition) is 1. The zero-order valence-corrected chi connectivity index (χ0v) is 23.0. The lowest BCUT2D eigenvalue weighted by atomic mass is 9.90. The summed E-state index contributed by atoms with van der Waals surface area (Å²) in [7, 11) is 0. The molecular formula is C41H26O. The van der Waals surface area contributed by atoms with Gasteiger partial charge in [0.1, 0.15) is 11.2 Å². The van der Waals surface area contributed by atoms with Crippen LogP contribution in [0.15, 0.2) is 126 Å². The third kappa shape index (κ3) is 3.08. The van der Waals surface area contributed by atoms with Crippen LogP contribution in [0, 0.1) is 11.8 Å². The van der Waals surface area contributed by atoms with Crippen LogP contribution in [0.1, 0.15) is 6.42 Å². The molecule has 0 radical (unpaired) electrons. The number of rotatable bonds is 2. The molecule has 0 bridgehead atoms. The highest BCUT2D eigenvalue weighted by molar-refractivity contribution is 6.26. The fourth-order valence-electron chi connectivity index (χ4n) is 7.63. The molecule has 42 heavy (non-hydrogen) atoms. The first-order valence-corrected chi connectivity index (χ1v) is 14.9. The van der Waals surface area contributed by atoms with Gasteiger partial charge in [-0.25, -0.2) is 0 Å². The van der Waals surface area contributed by atoms with Gasteiger partial charge in [-0.05, 0) is 95.4 Å². The molecule has 0 N–H and O–H groups in total. The molecule has 2 aliphatic carbocycles. The van der Waals surface area contributed by atoms with E-state index in [9.17, 15) is 0 Å². The van der Waals surface area contributed by atoms with E-state index in [0.717, 1.165) is 17.1 Å². The van der Waals surface area contributed by atoms with Crippen molar-refractivity contribution < 1.29 is 4.42 Å². The zero-order chi connectivity index (χ0) is 27.4. The van der Waals surface area contributed by atoms with Gasteiger partial charge in [-0.2, -0.15) is 0 Å². The minimum absolute atomic E-state index is 0.702. The Morgan fingerprint density at radius 1 is 0.429 bits per heavy atom. The summed E-state index contributed by atoms with van der Waals surface area (Å²) in [6, 6.07) is 44.3. The molecule has 2 aliphatic rings. The summed E-state index contributed by atoms with van der Waals surface area (Å²) in [5.41, 5.74) is 6.90. The second-order valence-corrected chi connectivity index (χ2v) is 12.0. The van der Waals surface area contributed by atoms with Gasteiger partial charge in [0.15, 0.2) is 0 Å². The first-order valence-electron chi connectivity index (χ1n) is 14.9. The number of benzene rings is 7.